The van der Waals surface area contributed by atoms with Crippen LogP contribution in [0.4, 0.5) is 4.39 Å². The number of rotatable bonds is 5. The van der Waals surface area contributed by atoms with Crippen LogP contribution in [-0.2, 0) is 17.0 Å². The summed E-state index contributed by atoms with van der Waals surface area (Å²) in [4.78, 5) is 10.1. The molecule has 3 rings (SSSR count). The minimum Gasteiger partial charge on any atom is -0.391 e. The van der Waals surface area contributed by atoms with Gasteiger partial charge in [-0.05, 0) is 55.2 Å². The number of nitrogens with two attached hydrogens (primary N) is 1. The van der Waals surface area contributed by atoms with E-state index in [1.807, 2.05) is 19.1 Å². The second kappa shape index (κ2) is 7.91. The van der Waals surface area contributed by atoms with Crippen LogP contribution in [0.25, 0.3) is 0 Å². The molecule has 1 atom stereocenters. The SMILES string of the molecule is C/C(=N\OCc1ccc(F)cc1)c1cccc(C2(C)CCSC(N)=N2)c1. The molecule has 0 fully saturated rings. The zero-order valence-electron chi connectivity index (χ0n) is 14.9. The summed E-state index contributed by atoms with van der Waals surface area (Å²) >= 11 is 1.60. The second-order valence-corrected chi connectivity index (χ2v) is 7.59. The molecule has 1 aliphatic heterocycles. The number of nitrogens with zero attached hydrogens (tertiary/aromatic N) is 2. The van der Waals surface area contributed by atoms with Crippen molar-refractivity contribution in [3.05, 3.63) is 71.0 Å². The van der Waals surface area contributed by atoms with E-state index in [2.05, 4.69) is 29.2 Å². The van der Waals surface area contributed by atoms with E-state index in [-0.39, 0.29) is 11.4 Å². The highest BCUT2D eigenvalue weighted by atomic mass is 32.2. The van der Waals surface area contributed by atoms with Crippen molar-refractivity contribution in [3.8, 4) is 0 Å². The van der Waals surface area contributed by atoms with Crippen LogP contribution in [-0.4, -0.2) is 16.6 Å². The summed E-state index contributed by atoms with van der Waals surface area (Å²) < 4.78 is 12.9. The summed E-state index contributed by atoms with van der Waals surface area (Å²) in [6.07, 6.45) is 0.944. The van der Waals surface area contributed by atoms with Crippen LogP contribution in [0.1, 0.15) is 37.0 Å². The monoisotopic (exact) mass is 371 g/mol. The van der Waals surface area contributed by atoms with Gasteiger partial charge in [-0.25, -0.2) is 4.39 Å². The quantitative estimate of drug-likeness (QED) is 0.625. The predicted molar refractivity (Wildman–Crippen MR) is 106 cm³/mol. The van der Waals surface area contributed by atoms with Crippen LogP contribution in [0.15, 0.2) is 58.7 Å². The first-order valence-corrected chi connectivity index (χ1v) is 9.45. The molecule has 0 bridgehead atoms. The standard InChI is InChI=1S/C20H22FN3OS/c1-14(24-25-13-15-6-8-18(21)9-7-15)16-4-3-5-17(12-16)20(2)10-11-26-19(22)23-20/h3-9,12H,10-11,13H2,1-2H3,(H2,22,23)/b24-14+. The van der Waals surface area contributed by atoms with Gasteiger partial charge in [-0.2, -0.15) is 0 Å². The Hall–Kier alpha value is -2.34. The number of hydrogen-bond donors (Lipinski definition) is 1. The van der Waals surface area contributed by atoms with Crippen molar-refractivity contribution in [2.45, 2.75) is 32.4 Å². The Morgan fingerprint density at radius 3 is 2.81 bits per heavy atom. The molecule has 0 aromatic heterocycles. The van der Waals surface area contributed by atoms with E-state index in [0.717, 1.165) is 34.6 Å². The fourth-order valence-corrected chi connectivity index (χ4v) is 3.79. The van der Waals surface area contributed by atoms with Gasteiger partial charge in [0.1, 0.15) is 12.4 Å². The number of benzene rings is 2. The van der Waals surface area contributed by atoms with Crippen LogP contribution >= 0.6 is 11.8 Å². The van der Waals surface area contributed by atoms with E-state index in [9.17, 15) is 4.39 Å². The summed E-state index contributed by atoms with van der Waals surface area (Å²) in [5.41, 5.74) is 9.36. The van der Waals surface area contributed by atoms with Crippen molar-refractivity contribution in [2.75, 3.05) is 5.75 Å². The van der Waals surface area contributed by atoms with Gasteiger partial charge in [0.05, 0.1) is 11.3 Å². The molecule has 0 amide bonds. The summed E-state index contributed by atoms with van der Waals surface area (Å²) in [7, 11) is 0. The minimum atomic E-state index is -0.305. The lowest BCUT2D eigenvalue weighted by Gasteiger charge is -2.30. The number of aliphatic imine (C=N–C) groups is 1. The average Bonchev–Trinajstić information content (AvgIpc) is 2.63. The summed E-state index contributed by atoms with van der Waals surface area (Å²) in [5.74, 6) is 0.701. The first kappa shape index (κ1) is 18.5. The van der Waals surface area contributed by atoms with Crippen molar-refractivity contribution in [3.63, 3.8) is 0 Å². The first-order chi connectivity index (χ1) is 12.5. The van der Waals surface area contributed by atoms with Crippen molar-refractivity contribution in [1.29, 1.82) is 0 Å². The molecule has 136 valence electrons. The number of hydrogen-bond acceptors (Lipinski definition) is 5. The van der Waals surface area contributed by atoms with Gasteiger partial charge in [0, 0.05) is 5.75 Å². The molecule has 1 unspecified atom stereocenters. The van der Waals surface area contributed by atoms with E-state index in [1.54, 1.807) is 23.9 Å². The number of oxime groups is 1. The van der Waals surface area contributed by atoms with Crippen molar-refractivity contribution >= 4 is 22.6 Å². The average molecular weight is 371 g/mol. The molecule has 4 nitrogen and oxygen atoms in total. The molecule has 1 heterocycles. The Kier molecular flexibility index (Phi) is 5.61. The van der Waals surface area contributed by atoms with Gasteiger partial charge in [0.25, 0.3) is 0 Å². The second-order valence-electron chi connectivity index (χ2n) is 6.48. The van der Waals surface area contributed by atoms with Crippen LogP contribution in [0, 0.1) is 5.82 Å². The first-order valence-electron chi connectivity index (χ1n) is 8.46. The molecule has 0 saturated heterocycles. The maximum atomic E-state index is 12.9. The number of thioether (sulfide) groups is 1. The molecule has 0 radical (unpaired) electrons. The fourth-order valence-electron chi connectivity index (χ4n) is 2.81. The van der Waals surface area contributed by atoms with Crippen molar-refractivity contribution in [2.24, 2.45) is 15.9 Å². The Morgan fingerprint density at radius 2 is 2.08 bits per heavy atom. The normalized spacial score (nSPS) is 20.6. The smallest absolute Gasteiger partial charge is 0.154 e. The largest absolute Gasteiger partial charge is 0.391 e. The highest BCUT2D eigenvalue weighted by Crippen LogP contribution is 2.35. The Morgan fingerprint density at radius 1 is 1.31 bits per heavy atom. The molecule has 1 aliphatic rings. The molecule has 0 aliphatic carbocycles. The van der Waals surface area contributed by atoms with Crippen molar-refractivity contribution < 1.29 is 9.23 Å². The fraction of sp³-hybridized carbons (Fsp3) is 0.300. The summed E-state index contributed by atoms with van der Waals surface area (Å²) in [6, 6.07) is 14.4. The van der Waals surface area contributed by atoms with Crippen LogP contribution < -0.4 is 5.73 Å². The van der Waals surface area contributed by atoms with Gasteiger partial charge in [-0.15, -0.1) is 0 Å². The molecule has 2 aromatic rings. The molecule has 2 N–H and O–H groups in total. The lowest BCUT2D eigenvalue weighted by molar-refractivity contribution is 0.130. The summed E-state index contributed by atoms with van der Waals surface area (Å²) in [5, 5.41) is 4.83. The Labute approximate surface area is 157 Å². The minimum absolute atomic E-state index is 0.261. The zero-order valence-corrected chi connectivity index (χ0v) is 15.7. The van der Waals surface area contributed by atoms with E-state index in [1.165, 1.54) is 12.1 Å². The molecule has 2 aromatic carbocycles. The molecule has 0 spiro atoms. The maximum Gasteiger partial charge on any atom is 0.154 e. The Balaban J connectivity index is 1.72. The zero-order chi connectivity index (χ0) is 18.6. The summed E-state index contributed by atoms with van der Waals surface area (Å²) in [6.45, 7) is 4.31. The van der Waals surface area contributed by atoms with Gasteiger partial charge in [-0.3, -0.25) is 4.99 Å². The highest BCUT2D eigenvalue weighted by Gasteiger charge is 2.29. The maximum absolute atomic E-state index is 12.9. The highest BCUT2D eigenvalue weighted by molar-refractivity contribution is 8.13. The van der Waals surface area contributed by atoms with E-state index < -0.39 is 0 Å². The number of halogens is 1. The van der Waals surface area contributed by atoms with Crippen LogP contribution in [0.3, 0.4) is 0 Å². The Bertz CT molecular complexity index is 835. The lowest BCUT2D eigenvalue weighted by atomic mass is 9.88. The molecule has 0 saturated carbocycles. The van der Waals surface area contributed by atoms with Crippen LogP contribution in [0.5, 0.6) is 0 Å². The van der Waals surface area contributed by atoms with E-state index >= 15 is 0 Å². The third-order valence-corrected chi connectivity index (χ3v) is 5.24. The van der Waals surface area contributed by atoms with Crippen molar-refractivity contribution in [1.82, 2.24) is 0 Å². The third kappa shape index (κ3) is 4.43. The topological polar surface area (TPSA) is 60.0 Å². The molecular formula is C20H22FN3OS. The van der Waals surface area contributed by atoms with Gasteiger partial charge in [-0.1, -0.05) is 47.2 Å². The van der Waals surface area contributed by atoms with E-state index in [0.29, 0.717) is 11.8 Å². The van der Waals surface area contributed by atoms with Gasteiger partial charge >= 0.3 is 0 Å². The van der Waals surface area contributed by atoms with Crippen LogP contribution in [0.2, 0.25) is 0 Å². The van der Waals surface area contributed by atoms with E-state index in [4.69, 9.17) is 10.6 Å². The molecular weight excluding hydrogens is 349 g/mol. The lowest BCUT2D eigenvalue weighted by Crippen LogP contribution is -2.28. The predicted octanol–water partition coefficient (Wildman–Crippen LogP) is 4.43. The number of amidine groups is 1. The van der Waals surface area contributed by atoms with Gasteiger partial charge in [0.15, 0.2) is 5.17 Å². The van der Waals surface area contributed by atoms with Gasteiger partial charge < -0.3 is 10.6 Å². The van der Waals surface area contributed by atoms with Gasteiger partial charge in [0.2, 0.25) is 0 Å². The molecule has 6 heteroatoms. The third-order valence-electron chi connectivity index (χ3n) is 4.44. The molecule has 26 heavy (non-hydrogen) atoms.